The molecule has 0 amide bonds. The fraction of sp³-hybridized carbons (Fsp3) is 0.200. The van der Waals surface area contributed by atoms with Crippen LogP contribution in [-0.2, 0) is 34.7 Å². The van der Waals surface area contributed by atoms with Crippen molar-refractivity contribution in [1.82, 2.24) is 4.72 Å². The van der Waals surface area contributed by atoms with Gasteiger partial charge in [-0.25, -0.2) is 13.1 Å². The zero-order valence-corrected chi connectivity index (χ0v) is 16.8. The highest BCUT2D eigenvalue weighted by atomic mass is 32.2. The SMILES string of the molecule is COc1cccc(C2(C)OC(NS(=O)(=O)c3ccccc3)=C(OC(C)=O)C2=O)c1. The number of ether oxygens (including phenoxy) is 3. The van der Waals surface area contributed by atoms with Crippen LogP contribution >= 0.6 is 0 Å². The summed E-state index contributed by atoms with van der Waals surface area (Å²) < 4.78 is 43.5. The number of Topliss-reactive ketones (excluding diaryl/α,β-unsaturated/α-hetero) is 1. The van der Waals surface area contributed by atoms with Crippen LogP contribution in [0.1, 0.15) is 19.4 Å². The summed E-state index contributed by atoms with van der Waals surface area (Å²) in [6, 6.07) is 14.1. The van der Waals surface area contributed by atoms with Gasteiger partial charge in [0.25, 0.3) is 21.7 Å². The smallest absolute Gasteiger partial charge is 0.308 e. The Kier molecular flexibility index (Phi) is 5.34. The molecule has 152 valence electrons. The lowest BCUT2D eigenvalue weighted by Crippen LogP contribution is -2.32. The summed E-state index contributed by atoms with van der Waals surface area (Å²) in [7, 11) is -2.61. The number of nitrogens with one attached hydrogen (secondary N) is 1. The molecule has 1 aliphatic heterocycles. The molecule has 0 bridgehead atoms. The lowest BCUT2D eigenvalue weighted by Gasteiger charge is -2.24. The van der Waals surface area contributed by atoms with Crippen LogP contribution in [0.2, 0.25) is 0 Å². The van der Waals surface area contributed by atoms with Crippen LogP contribution in [-0.4, -0.2) is 27.3 Å². The van der Waals surface area contributed by atoms with Gasteiger partial charge in [0.1, 0.15) is 5.75 Å². The van der Waals surface area contributed by atoms with Crippen LogP contribution in [0.4, 0.5) is 0 Å². The summed E-state index contributed by atoms with van der Waals surface area (Å²) in [5.74, 6) is -1.98. The van der Waals surface area contributed by atoms with E-state index in [-0.39, 0.29) is 4.90 Å². The van der Waals surface area contributed by atoms with Crippen LogP contribution in [0.5, 0.6) is 5.75 Å². The Labute approximate surface area is 168 Å². The molecule has 0 fully saturated rings. The van der Waals surface area contributed by atoms with Crippen molar-refractivity contribution in [3.63, 3.8) is 0 Å². The molecule has 1 atom stereocenters. The van der Waals surface area contributed by atoms with Gasteiger partial charge in [0.15, 0.2) is 5.60 Å². The van der Waals surface area contributed by atoms with Gasteiger partial charge < -0.3 is 14.2 Å². The zero-order chi connectivity index (χ0) is 21.2. The number of sulfonamides is 1. The molecular formula is C20H19NO7S. The van der Waals surface area contributed by atoms with E-state index in [1.165, 1.54) is 26.2 Å². The van der Waals surface area contributed by atoms with E-state index >= 15 is 0 Å². The van der Waals surface area contributed by atoms with Crippen LogP contribution in [0.15, 0.2) is 71.1 Å². The number of carbonyl (C=O) groups excluding carboxylic acids is 2. The van der Waals surface area contributed by atoms with E-state index in [0.717, 1.165) is 6.92 Å². The van der Waals surface area contributed by atoms with Gasteiger partial charge in [-0.15, -0.1) is 0 Å². The molecule has 0 saturated heterocycles. The molecule has 8 nitrogen and oxygen atoms in total. The van der Waals surface area contributed by atoms with Crippen molar-refractivity contribution < 1.29 is 32.2 Å². The molecule has 3 rings (SSSR count). The first kappa shape index (κ1) is 20.4. The monoisotopic (exact) mass is 417 g/mol. The maximum absolute atomic E-state index is 13.1. The summed E-state index contributed by atoms with van der Waals surface area (Å²) in [5.41, 5.74) is -1.21. The van der Waals surface area contributed by atoms with Crippen molar-refractivity contribution in [2.24, 2.45) is 0 Å². The van der Waals surface area contributed by atoms with Gasteiger partial charge in [-0.1, -0.05) is 30.3 Å². The number of hydrogen-bond donors (Lipinski definition) is 1. The third-order valence-electron chi connectivity index (χ3n) is 4.30. The number of ketones is 1. The van der Waals surface area contributed by atoms with Crippen LogP contribution in [0.25, 0.3) is 0 Å². The lowest BCUT2D eigenvalue weighted by atomic mass is 9.91. The standard InChI is InChI=1S/C20H19NO7S/c1-13(22)27-17-18(23)20(2,14-8-7-9-15(12-14)26-3)28-19(17)21-29(24,25)16-10-5-4-6-11-16/h4-12,21H,1-3H3. The maximum Gasteiger partial charge on any atom is 0.308 e. The highest BCUT2D eigenvalue weighted by Crippen LogP contribution is 2.39. The topological polar surface area (TPSA) is 108 Å². The van der Waals surface area contributed by atoms with Crippen molar-refractivity contribution in [2.45, 2.75) is 24.3 Å². The maximum atomic E-state index is 13.1. The van der Waals surface area contributed by atoms with Gasteiger partial charge in [0, 0.05) is 12.5 Å². The molecule has 1 unspecified atom stereocenters. The molecule has 0 aromatic heterocycles. The average Bonchev–Trinajstić information content (AvgIpc) is 2.93. The fourth-order valence-corrected chi connectivity index (χ4v) is 3.82. The van der Waals surface area contributed by atoms with Gasteiger partial charge in [-0.2, -0.15) is 0 Å². The molecule has 29 heavy (non-hydrogen) atoms. The molecule has 1 aliphatic rings. The van der Waals surface area contributed by atoms with E-state index < -0.39 is 39.0 Å². The molecule has 1 heterocycles. The van der Waals surface area contributed by atoms with Gasteiger partial charge in [-0.3, -0.25) is 9.59 Å². The Bertz CT molecular complexity index is 1090. The molecule has 0 spiro atoms. The highest BCUT2D eigenvalue weighted by molar-refractivity contribution is 7.89. The first-order chi connectivity index (χ1) is 13.7. The van der Waals surface area contributed by atoms with Crippen molar-refractivity contribution in [2.75, 3.05) is 7.11 Å². The summed E-state index contributed by atoms with van der Waals surface area (Å²) in [4.78, 5) is 24.5. The minimum atomic E-state index is -4.08. The second-order valence-corrected chi connectivity index (χ2v) is 8.05. The Hall–Kier alpha value is -3.33. The van der Waals surface area contributed by atoms with Crippen molar-refractivity contribution in [3.8, 4) is 5.75 Å². The number of methoxy groups -OCH3 is 1. The first-order valence-corrected chi connectivity index (χ1v) is 10.0. The molecule has 0 saturated carbocycles. The molecule has 2 aromatic carbocycles. The second kappa shape index (κ2) is 7.59. The largest absolute Gasteiger partial charge is 0.497 e. The molecule has 0 radical (unpaired) electrons. The van der Waals surface area contributed by atoms with E-state index in [0.29, 0.717) is 11.3 Å². The second-order valence-electron chi connectivity index (χ2n) is 6.37. The Morgan fingerprint density at radius 1 is 1.10 bits per heavy atom. The lowest BCUT2D eigenvalue weighted by molar-refractivity contribution is -0.142. The third kappa shape index (κ3) is 3.95. The van der Waals surface area contributed by atoms with E-state index in [2.05, 4.69) is 4.72 Å². The Morgan fingerprint density at radius 3 is 2.41 bits per heavy atom. The summed E-state index contributed by atoms with van der Waals surface area (Å²) >= 11 is 0. The molecule has 2 aromatic rings. The van der Waals surface area contributed by atoms with E-state index in [1.807, 2.05) is 0 Å². The predicted octanol–water partition coefficient (Wildman–Crippen LogP) is 2.22. The minimum Gasteiger partial charge on any atom is -0.497 e. The number of esters is 1. The van der Waals surface area contributed by atoms with Crippen molar-refractivity contribution in [3.05, 3.63) is 71.8 Å². The minimum absolute atomic E-state index is 0.0410. The van der Waals surface area contributed by atoms with Crippen molar-refractivity contribution >= 4 is 21.8 Å². The zero-order valence-electron chi connectivity index (χ0n) is 16.0. The quantitative estimate of drug-likeness (QED) is 0.718. The van der Waals surface area contributed by atoms with E-state index in [1.54, 1.807) is 42.5 Å². The fourth-order valence-electron chi connectivity index (χ4n) is 2.81. The molecule has 0 aliphatic carbocycles. The highest BCUT2D eigenvalue weighted by Gasteiger charge is 2.50. The third-order valence-corrected chi connectivity index (χ3v) is 5.65. The number of benzene rings is 2. The molecule has 1 N–H and O–H groups in total. The summed E-state index contributed by atoms with van der Waals surface area (Å²) in [5, 5.41) is 0. The van der Waals surface area contributed by atoms with Crippen LogP contribution in [0, 0.1) is 0 Å². The van der Waals surface area contributed by atoms with Crippen LogP contribution < -0.4 is 9.46 Å². The Morgan fingerprint density at radius 2 is 1.79 bits per heavy atom. The average molecular weight is 417 g/mol. The molecule has 9 heteroatoms. The van der Waals surface area contributed by atoms with Gasteiger partial charge in [0.05, 0.1) is 12.0 Å². The summed E-state index contributed by atoms with van der Waals surface area (Å²) in [6.45, 7) is 2.56. The van der Waals surface area contributed by atoms with Crippen molar-refractivity contribution in [1.29, 1.82) is 0 Å². The predicted molar refractivity (Wildman–Crippen MR) is 102 cm³/mol. The number of hydrogen-bond acceptors (Lipinski definition) is 7. The number of carbonyl (C=O) groups is 2. The number of rotatable bonds is 6. The normalized spacial score (nSPS) is 18.9. The summed E-state index contributed by atoms with van der Waals surface area (Å²) in [6.07, 6.45) is 0. The van der Waals surface area contributed by atoms with Gasteiger partial charge in [0.2, 0.25) is 5.76 Å². The first-order valence-electron chi connectivity index (χ1n) is 8.56. The van der Waals surface area contributed by atoms with Gasteiger partial charge in [-0.05, 0) is 31.2 Å². The Balaban J connectivity index is 2.02. The molecular weight excluding hydrogens is 398 g/mol. The van der Waals surface area contributed by atoms with Gasteiger partial charge >= 0.3 is 5.97 Å². The van der Waals surface area contributed by atoms with Crippen LogP contribution in [0.3, 0.4) is 0 Å². The van der Waals surface area contributed by atoms with E-state index in [4.69, 9.17) is 14.2 Å². The van der Waals surface area contributed by atoms with E-state index in [9.17, 15) is 18.0 Å².